The van der Waals surface area contributed by atoms with Crippen molar-refractivity contribution in [1.82, 2.24) is 10.2 Å². The predicted octanol–water partition coefficient (Wildman–Crippen LogP) is 1.38. The first kappa shape index (κ1) is 15.0. The van der Waals surface area contributed by atoms with Gasteiger partial charge in [0.2, 0.25) is 5.91 Å². The monoisotopic (exact) mass is 264 g/mol. The van der Waals surface area contributed by atoms with Crippen LogP contribution in [0.3, 0.4) is 0 Å². The van der Waals surface area contributed by atoms with Gasteiger partial charge in [0.05, 0.1) is 5.56 Å². The molecule has 0 fully saturated rings. The van der Waals surface area contributed by atoms with Crippen molar-refractivity contribution < 1.29 is 14.7 Å². The summed E-state index contributed by atoms with van der Waals surface area (Å²) in [5.74, 6) is -0.414. The Hall–Kier alpha value is -2.04. The second kappa shape index (κ2) is 7.41. The summed E-state index contributed by atoms with van der Waals surface area (Å²) in [6, 6.07) is 6.32. The Bertz CT molecular complexity index is 442. The molecule has 0 saturated carbocycles. The molecule has 0 atom stereocenters. The highest BCUT2D eigenvalue weighted by Gasteiger charge is 2.12. The highest BCUT2D eigenvalue weighted by atomic mass is 16.3. The number of aromatic hydroxyl groups is 1. The second-order valence-electron chi connectivity index (χ2n) is 4.09. The van der Waals surface area contributed by atoms with E-state index in [4.69, 9.17) is 0 Å². The molecule has 0 heterocycles. The van der Waals surface area contributed by atoms with Crippen molar-refractivity contribution in [2.45, 2.75) is 20.3 Å². The third-order valence-corrected chi connectivity index (χ3v) is 2.89. The van der Waals surface area contributed by atoms with E-state index in [1.807, 2.05) is 13.8 Å². The third kappa shape index (κ3) is 4.28. The molecule has 0 aliphatic heterocycles. The summed E-state index contributed by atoms with van der Waals surface area (Å²) in [7, 11) is 0. The van der Waals surface area contributed by atoms with E-state index < -0.39 is 0 Å². The van der Waals surface area contributed by atoms with Crippen LogP contribution in [0.15, 0.2) is 24.3 Å². The maximum atomic E-state index is 11.8. The van der Waals surface area contributed by atoms with E-state index in [2.05, 4.69) is 5.32 Å². The number of nitrogens with one attached hydrogen (secondary N) is 1. The first-order chi connectivity index (χ1) is 9.10. The first-order valence-electron chi connectivity index (χ1n) is 6.44. The van der Waals surface area contributed by atoms with Crippen LogP contribution in [0.2, 0.25) is 0 Å². The molecule has 2 N–H and O–H groups in total. The molecule has 104 valence electrons. The molecule has 0 aromatic heterocycles. The van der Waals surface area contributed by atoms with Crippen LogP contribution in [0, 0.1) is 0 Å². The number of rotatable bonds is 6. The van der Waals surface area contributed by atoms with Gasteiger partial charge in [-0.2, -0.15) is 0 Å². The quantitative estimate of drug-likeness (QED) is 0.815. The van der Waals surface area contributed by atoms with E-state index in [1.54, 1.807) is 17.0 Å². The van der Waals surface area contributed by atoms with Crippen LogP contribution in [-0.2, 0) is 4.79 Å². The van der Waals surface area contributed by atoms with Crippen LogP contribution in [0.25, 0.3) is 0 Å². The van der Waals surface area contributed by atoms with Gasteiger partial charge in [-0.25, -0.2) is 0 Å². The zero-order valence-corrected chi connectivity index (χ0v) is 11.3. The third-order valence-electron chi connectivity index (χ3n) is 2.89. The highest BCUT2D eigenvalue weighted by molar-refractivity contribution is 5.96. The standard InChI is InChI=1S/C14H20N2O3/c1-3-16(4-2)13(18)9-10-15-14(19)11-7-5-6-8-12(11)17/h5-8,17H,3-4,9-10H2,1-2H3,(H,15,19). The number of phenolic OH excluding ortho intramolecular Hbond substituents is 1. The van der Waals surface area contributed by atoms with Gasteiger partial charge < -0.3 is 15.3 Å². The molecule has 5 nitrogen and oxygen atoms in total. The van der Waals surface area contributed by atoms with Crippen molar-refractivity contribution in [2.24, 2.45) is 0 Å². The Morgan fingerprint density at radius 2 is 1.84 bits per heavy atom. The molecular weight excluding hydrogens is 244 g/mol. The van der Waals surface area contributed by atoms with Gasteiger partial charge in [-0.05, 0) is 26.0 Å². The highest BCUT2D eigenvalue weighted by Crippen LogP contribution is 2.14. The van der Waals surface area contributed by atoms with Gasteiger partial charge in [0.1, 0.15) is 5.75 Å². The summed E-state index contributed by atoms with van der Waals surface area (Å²) in [4.78, 5) is 25.2. The molecule has 5 heteroatoms. The molecule has 0 unspecified atom stereocenters. The fourth-order valence-corrected chi connectivity index (χ4v) is 1.78. The van der Waals surface area contributed by atoms with Gasteiger partial charge in [-0.15, -0.1) is 0 Å². The van der Waals surface area contributed by atoms with Gasteiger partial charge in [0, 0.05) is 26.1 Å². The first-order valence-corrected chi connectivity index (χ1v) is 6.44. The molecule has 0 spiro atoms. The molecule has 1 aromatic carbocycles. The van der Waals surface area contributed by atoms with Gasteiger partial charge in [0.15, 0.2) is 0 Å². The number of carbonyl (C=O) groups is 2. The average molecular weight is 264 g/mol. The number of para-hydroxylation sites is 1. The average Bonchev–Trinajstić information content (AvgIpc) is 2.40. The molecule has 0 saturated heterocycles. The Balaban J connectivity index is 2.44. The number of hydrogen-bond acceptors (Lipinski definition) is 3. The van der Waals surface area contributed by atoms with Crippen molar-refractivity contribution in [1.29, 1.82) is 0 Å². The normalized spacial score (nSPS) is 10.0. The minimum absolute atomic E-state index is 0.0163. The molecule has 1 aromatic rings. The lowest BCUT2D eigenvalue weighted by Crippen LogP contribution is -2.34. The largest absolute Gasteiger partial charge is 0.507 e. The van der Waals surface area contributed by atoms with Crippen LogP contribution in [0.4, 0.5) is 0 Å². The van der Waals surface area contributed by atoms with Crippen LogP contribution < -0.4 is 5.32 Å². The number of phenols is 1. The molecule has 19 heavy (non-hydrogen) atoms. The SMILES string of the molecule is CCN(CC)C(=O)CCNC(=O)c1ccccc1O. The summed E-state index contributed by atoms with van der Waals surface area (Å²) in [5.41, 5.74) is 0.220. The summed E-state index contributed by atoms with van der Waals surface area (Å²) in [5, 5.41) is 12.1. The topological polar surface area (TPSA) is 69.6 Å². The van der Waals surface area contributed by atoms with Gasteiger partial charge in [-0.1, -0.05) is 12.1 Å². The fraction of sp³-hybridized carbons (Fsp3) is 0.429. The van der Waals surface area contributed by atoms with E-state index in [9.17, 15) is 14.7 Å². The maximum Gasteiger partial charge on any atom is 0.255 e. The Morgan fingerprint density at radius 1 is 1.21 bits per heavy atom. The molecule has 0 aliphatic rings. The number of benzene rings is 1. The van der Waals surface area contributed by atoms with E-state index >= 15 is 0 Å². The minimum Gasteiger partial charge on any atom is -0.507 e. The minimum atomic E-state index is -0.370. The van der Waals surface area contributed by atoms with Gasteiger partial charge in [-0.3, -0.25) is 9.59 Å². The van der Waals surface area contributed by atoms with Crippen molar-refractivity contribution in [3.8, 4) is 5.75 Å². The van der Waals surface area contributed by atoms with E-state index in [1.165, 1.54) is 12.1 Å². The number of carbonyl (C=O) groups excluding carboxylic acids is 2. The molecule has 1 rings (SSSR count). The van der Waals surface area contributed by atoms with Crippen LogP contribution in [-0.4, -0.2) is 41.5 Å². The number of amides is 2. The summed E-state index contributed by atoms with van der Waals surface area (Å²) < 4.78 is 0. The smallest absolute Gasteiger partial charge is 0.255 e. The van der Waals surface area contributed by atoms with Gasteiger partial charge in [0.25, 0.3) is 5.91 Å². The Kier molecular flexibility index (Phi) is 5.85. The Labute approximate surface area is 113 Å². The summed E-state index contributed by atoms with van der Waals surface area (Å²) >= 11 is 0. The van der Waals surface area contributed by atoms with Crippen molar-refractivity contribution in [3.05, 3.63) is 29.8 Å². The van der Waals surface area contributed by atoms with Crippen molar-refractivity contribution >= 4 is 11.8 Å². The molecule has 0 aliphatic carbocycles. The van der Waals surface area contributed by atoms with Crippen molar-refractivity contribution in [3.63, 3.8) is 0 Å². The van der Waals surface area contributed by atoms with Crippen LogP contribution in [0.1, 0.15) is 30.6 Å². The summed E-state index contributed by atoms with van der Waals surface area (Å²) in [6.07, 6.45) is 0.265. The predicted molar refractivity (Wildman–Crippen MR) is 73.0 cm³/mol. The molecule has 0 radical (unpaired) electrons. The lowest BCUT2D eigenvalue weighted by atomic mass is 10.2. The second-order valence-corrected chi connectivity index (χ2v) is 4.09. The molecule has 2 amide bonds. The number of nitrogens with zero attached hydrogens (tertiary/aromatic N) is 1. The van der Waals surface area contributed by atoms with Crippen LogP contribution in [0.5, 0.6) is 5.75 Å². The van der Waals surface area contributed by atoms with Crippen LogP contribution >= 0.6 is 0 Å². The molecular formula is C14H20N2O3. The van der Waals surface area contributed by atoms with E-state index in [-0.39, 0.29) is 36.1 Å². The van der Waals surface area contributed by atoms with Gasteiger partial charge >= 0.3 is 0 Å². The van der Waals surface area contributed by atoms with Crippen molar-refractivity contribution in [2.75, 3.05) is 19.6 Å². The lowest BCUT2D eigenvalue weighted by molar-refractivity contribution is -0.130. The van der Waals surface area contributed by atoms with E-state index in [0.717, 1.165) is 0 Å². The zero-order chi connectivity index (χ0) is 14.3. The fourth-order valence-electron chi connectivity index (χ4n) is 1.78. The lowest BCUT2D eigenvalue weighted by Gasteiger charge is -2.18. The van der Waals surface area contributed by atoms with E-state index in [0.29, 0.717) is 13.1 Å². The maximum absolute atomic E-state index is 11.8. The number of hydrogen-bond donors (Lipinski definition) is 2. The zero-order valence-electron chi connectivity index (χ0n) is 11.3. The Morgan fingerprint density at radius 3 is 2.42 bits per heavy atom. The molecule has 0 bridgehead atoms. The summed E-state index contributed by atoms with van der Waals surface area (Å²) in [6.45, 7) is 5.44.